The third-order valence-electron chi connectivity index (χ3n) is 3.56. The number of hydrogen-bond donors (Lipinski definition) is 2. The number of H-pyrrole nitrogens is 1. The van der Waals surface area contributed by atoms with Gasteiger partial charge in [-0.15, -0.1) is 0 Å². The van der Waals surface area contributed by atoms with Gasteiger partial charge in [-0.2, -0.15) is 0 Å². The fourth-order valence-corrected chi connectivity index (χ4v) is 2.47. The molecule has 0 bridgehead atoms. The zero-order chi connectivity index (χ0) is 13.9. The molecule has 5 heteroatoms. The summed E-state index contributed by atoms with van der Waals surface area (Å²) in [5.74, 6) is 0.457. The maximum absolute atomic E-state index is 13.1. The van der Waals surface area contributed by atoms with Crippen molar-refractivity contribution in [1.82, 2.24) is 15.3 Å². The number of imidazole rings is 1. The van der Waals surface area contributed by atoms with Gasteiger partial charge in [0.2, 0.25) is 5.91 Å². The van der Waals surface area contributed by atoms with Crippen LogP contribution in [0.25, 0.3) is 11.0 Å². The monoisotopic (exact) mass is 273 g/mol. The Morgan fingerprint density at radius 1 is 1.45 bits per heavy atom. The van der Waals surface area contributed by atoms with Gasteiger partial charge >= 0.3 is 0 Å². The standard InChI is InChI=1S/C15H16FN3O/c16-11-6-7-12-13(8-11)19-14(18-12)9-17-15(20)10-4-2-1-3-5-10/h1-2,6-8,10H,3-5,9H2,(H,17,20)(H,18,19)/t10-/m0/s1. The van der Waals surface area contributed by atoms with Crippen LogP contribution < -0.4 is 5.32 Å². The molecule has 0 spiro atoms. The number of allylic oxidation sites excluding steroid dienone is 2. The molecule has 20 heavy (non-hydrogen) atoms. The fourth-order valence-electron chi connectivity index (χ4n) is 2.47. The lowest BCUT2D eigenvalue weighted by atomic mass is 9.94. The van der Waals surface area contributed by atoms with E-state index in [1.807, 2.05) is 0 Å². The molecule has 3 rings (SSSR count). The molecule has 104 valence electrons. The summed E-state index contributed by atoms with van der Waals surface area (Å²) in [6, 6.07) is 4.40. The summed E-state index contributed by atoms with van der Waals surface area (Å²) in [6.07, 6.45) is 6.82. The summed E-state index contributed by atoms with van der Waals surface area (Å²) in [5, 5.41) is 2.88. The zero-order valence-electron chi connectivity index (χ0n) is 11.0. The van der Waals surface area contributed by atoms with Gasteiger partial charge in [0.05, 0.1) is 17.6 Å². The first-order chi connectivity index (χ1) is 9.72. The third kappa shape index (κ3) is 2.71. The predicted molar refractivity (Wildman–Crippen MR) is 74.4 cm³/mol. The van der Waals surface area contributed by atoms with Crippen molar-refractivity contribution in [1.29, 1.82) is 0 Å². The van der Waals surface area contributed by atoms with Crippen molar-refractivity contribution in [2.75, 3.05) is 0 Å². The number of halogens is 1. The maximum Gasteiger partial charge on any atom is 0.223 e. The molecule has 1 heterocycles. The second-order valence-corrected chi connectivity index (χ2v) is 5.04. The van der Waals surface area contributed by atoms with Gasteiger partial charge in [-0.25, -0.2) is 9.37 Å². The Morgan fingerprint density at radius 3 is 3.15 bits per heavy atom. The molecule has 0 saturated carbocycles. The van der Waals surface area contributed by atoms with E-state index in [2.05, 4.69) is 27.4 Å². The molecular weight excluding hydrogens is 257 g/mol. The first kappa shape index (κ1) is 12.8. The number of fused-ring (bicyclic) bond motifs is 1. The van der Waals surface area contributed by atoms with Crippen molar-refractivity contribution < 1.29 is 9.18 Å². The molecule has 1 amide bonds. The lowest BCUT2D eigenvalue weighted by Crippen LogP contribution is -2.31. The normalized spacial score (nSPS) is 18.4. The largest absolute Gasteiger partial charge is 0.349 e. The zero-order valence-corrected chi connectivity index (χ0v) is 11.0. The number of nitrogens with one attached hydrogen (secondary N) is 2. The van der Waals surface area contributed by atoms with E-state index in [-0.39, 0.29) is 17.6 Å². The number of nitrogens with zero attached hydrogens (tertiary/aromatic N) is 1. The highest BCUT2D eigenvalue weighted by Crippen LogP contribution is 2.18. The van der Waals surface area contributed by atoms with Crippen LogP contribution in [-0.2, 0) is 11.3 Å². The van der Waals surface area contributed by atoms with Gasteiger partial charge in [-0.3, -0.25) is 4.79 Å². The number of aromatic amines is 1. The molecule has 4 nitrogen and oxygen atoms in total. The highest BCUT2D eigenvalue weighted by atomic mass is 19.1. The van der Waals surface area contributed by atoms with Crippen molar-refractivity contribution in [2.24, 2.45) is 5.92 Å². The van der Waals surface area contributed by atoms with Crippen LogP contribution in [0.4, 0.5) is 4.39 Å². The number of benzene rings is 1. The molecule has 2 aromatic rings. The average molecular weight is 273 g/mol. The van der Waals surface area contributed by atoms with Gasteiger partial charge in [-0.05, 0) is 37.5 Å². The third-order valence-corrected chi connectivity index (χ3v) is 3.56. The molecular formula is C15H16FN3O. The Kier molecular flexibility index (Phi) is 3.50. The van der Waals surface area contributed by atoms with Crippen LogP contribution in [0.2, 0.25) is 0 Å². The molecule has 0 saturated heterocycles. The first-order valence-corrected chi connectivity index (χ1v) is 6.79. The Hall–Kier alpha value is -2.17. The molecule has 0 unspecified atom stereocenters. The van der Waals surface area contributed by atoms with Crippen molar-refractivity contribution in [3.05, 3.63) is 42.0 Å². The van der Waals surface area contributed by atoms with Gasteiger partial charge in [0, 0.05) is 5.92 Å². The molecule has 0 radical (unpaired) electrons. The molecule has 1 aliphatic carbocycles. The number of hydrogen-bond acceptors (Lipinski definition) is 2. The van der Waals surface area contributed by atoms with Crippen LogP contribution in [0.3, 0.4) is 0 Å². The Bertz CT molecular complexity index is 662. The Labute approximate surface area is 116 Å². The molecule has 2 N–H and O–H groups in total. The van der Waals surface area contributed by atoms with Crippen molar-refractivity contribution in [3.63, 3.8) is 0 Å². The lowest BCUT2D eigenvalue weighted by molar-refractivity contribution is -0.125. The molecule has 1 atom stereocenters. The van der Waals surface area contributed by atoms with E-state index >= 15 is 0 Å². The number of aromatic nitrogens is 2. The minimum absolute atomic E-state index is 0.0565. The molecule has 1 aliphatic rings. The van der Waals surface area contributed by atoms with E-state index < -0.39 is 0 Å². The quantitative estimate of drug-likeness (QED) is 0.845. The minimum Gasteiger partial charge on any atom is -0.349 e. The van der Waals surface area contributed by atoms with Crippen LogP contribution in [0, 0.1) is 11.7 Å². The number of rotatable bonds is 3. The highest BCUT2D eigenvalue weighted by Gasteiger charge is 2.18. The van der Waals surface area contributed by atoms with E-state index in [4.69, 9.17) is 0 Å². The lowest BCUT2D eigenvalue weighted by Gasteiger charge is -2.16. The highest BCUT2D eigenvalue weighted by molar-refractivity contribution is 5.79. The first-order valence-electron chi connectivity index (χ1n) is 6.79. The van der Waals surface area contributed by atoms with E-state index in [1.165, 1.54) is 12.1 Å². The second kappa shape index (κ2) is 5.45. The SMILES string of the molecule is O=C(NCc1nc2ccc(F)cc2[nH]1)[C@H]1CC=CCC1. The van der Waals surface area contributed by atoms with Crippen molar-refractivity contribution in [2.45, 2.75) is 25.8 Å². The summed E-state index contributed by atoms with van der Waals surface area (Å²) in [5.41, 5.74) is 1.35. The van der Waals surface area contributed by atoms with Gasteiger partial charge < -0.3 is 10.3 Å². The number of carbonyl (C=O) groups is 1. The van der Waals surface area contributed by atoms with E-state index in [1.54, 1.807) is 6.07 Å². The van der Waals surface area contributed by atoms with Crippen LogP contribution in [-0.4, -0.2) is 15.9 Å². The maximum atomic E-state index is 13.1. The Balaban J connectivity index is 1.64. The molecule has 0 fully saturated rings. The summed E-state index contributed by atoms with van der Waals surface area (Å²) in [6.45, 7) is 0.343. The van der Waals surface area contributed by atoms with E-state index in [9.17, 15) is 9.18 Å². The van der Waals surface area contributed by atoms with Gasteiger partial charge in [0.1, 0.15) is 11.6 Å². The topological polar surface area (TPSA) is 57.8 Å². The van der Waals surface area contributed by atoms with Crippen LogP contribution in [0.15, 0.2) is 30.4 Å². The van der Waals surface area contributed by atoms with Gasteiger partial charge in [0.25, 0.3) is 0 Å². The second-order valence-electron chi connectivity index (χ2n) is 5.04. The molecule has 1 aromatic heterocycles. The Morgan fingerprint density at radius 2 is 2.35 bits per heavy atom. The van der Waals surface area contributed by atoms with Gasteiger partial charge in [0.15, 0.2) is 0 Å². The van der Waals surface area contributed by atoms with Crippen LogP contribution >= 0.6 is 0 Å². The predicted octanol–water partition coefficient (Wildman–Crippen LogP) is 2.67. The summed E-state index contributed by atoms with van der Waals surface area (Å²) < 4.78 is 13.1. The average Bonchev–Trinajstić information content (AvgIpc) is 2.87. The van der Waals surface area contributed by atoms with E-state index in [0.29, 0.717) is 23.4 Å². The molecule has 1 aromatic carbocycles. The number of amides is 1. The minimum atomic E-state index is -0.300. The van der Waals surface area contributed by atoms with Crippen molar-refractivity contribution in [3.8, 4) is 0 Å². The van der Waals surface area contributed by atoms with Crippen LogP contribution in [0.1, 0.15) is 25.1 Å². The van der Waals surface area contributed by atoms with Gasteiger partial charge in [-0.1, -0.05) is 12.2 Å². The summed E-state index contributed by atoms with van der Waals surface area (Å²) >= 11 is 0. The fraction of sp³-hybridized carbons (Fsp3) is 0.333. The van der Waals surface area contributed by atoms with Crippen LogP contribution in [0.5, 0.6) is 0 Å². The molecule has 0 aliphatic heterocycles. The van der Waals surface area contributed by atoms with E-state index in [0.717, 1.165) is 19.3 Å². The number of carbonyl (C=O) groups excluding carboxylic acids is 1. The summed E-state index contributed by atoms with van der Waals surface area (Å²) in [7, 11) is 0. The smallest absolute Gasteiger partial charge is 0.223 e. The van der Waals surface area contributed by atoms with Crippen molar-refractivity contribution >= 4 is 16.9 Å². The summed E-state index contributed by atoms with van der Waals surface area (Å²) in [4.78, 5) is 19.3.